The Bertz CT molecular complexity index is 638. The number of hydrogen-bond acceptors (Lipinski definition) is 3. The van der Waals surface area contributed by atoms with Crippen LogP contribution in [0.5, 0.6) is 0 Å². The molecule has 1 aromatic heterocycles. The first kappa shape index (κ1) is 12.7. The SMILES string of the molecule is CNC(c1cc2cccc(Cl)c2o1)C1CC2CCC1O2. The van der Waals surface area contributed by atoms with Gasteiger partial charge < -0.3 is 14.5 Å². The van der Waals surface area contributed by atoms with Crippen LogP contribution in [0, 0.1) is 5.92 Å². The van der Waals surface area contributed by atoms with Gasteiger partial charge in [0.15, 0.2) is 5.58 Å². The van der Waals surface area contributed by atoms with Gasteiger partial charge >= 0.3 is 0 Å². The first-order valence-electron chi connectivity index (χ1n) is 7.27. The van der Waals surface area contributed by atoms with Crippen LogP contribution in [0.25, 0.3) is 11.0 Å². The number of ether oxygens (including phenoxy) is 1. The van der Waals surface area contributed by atoms with Gasteiger partial charge in [-0.2, -0.15) is 0 Å². The molecule has 4 rings (SSSR count). The number of fused-ring (bicyclic) bond motifs is 3. The van der Waals surface area contributed by atoms with Gasteiger partial charge in [-0.25, -0.2) is 0 Å². The highest BCUT2D eigenvalue weighted by molar-refractivity contribution is 6.34. The summed E-state index contributed by atoms with van der Waals surface area (Å²) in [5.41, 5.74) is 0.786. The lowest BCUT2D eigenvalue weighted by Gasteiger charge is -2.26. The summed E-state index contributed by atoms with van der Waals surface area (Å²) in [6.45, 7) is 0. The van der Waals surface area contributed by atoms with E-state index < -0.39 is 0 Å². The Kier molecular flexibility index (Phi) is 3.02. The molecule has 20 heavy (non-hydrogen) atoms. The van der Waals surface area contributed by atoms with Crippen LogP contribution in [0.3, 0.4) is 0 Å². The average Bonchev–Trinajstić information content (AvgIpc) is 3.14. The summed E-state index contributed by atoms with van der Waals surface area (Å²) in [7, 11) is 1.99. The molecule has 0 spiro atoms. The van der Waals surface area contributed by atoms with Gasteiger partial charge in [0, 0.05) is 11.3 Å². The van der Waals surface area contributed by atoms with E-state index in [4.69, 9.17) is 20.8 Å². The summed E-state index contributed by atoms with van der Waals surface area (Å²) < 4.78 is 12.0. The second-order valence-electron chi connectivity index (χ2n) is 5.85. The quantitative estimate of drug-likeness (QED) is 0.931. The number of furan rings is 1. The number of para-hydroxylation sites is 1. The first-order chi connectivity index (χ1) is 9.76. The third kappa shape index (κ3) is 1.88. The number of hydrogen-bond donors (Lipinski definition) is 1. The zero-order valence-electron chi connectivity index (χ0n) is 11.4. The molecule has 106 valence electrons. The molecule has 4 atom stereocenters. The zero-order chi connectivity index (χ0) is 13.7. The van der Waals surface area contributed by atoms with Crippen LogP contribution in [0.4, 0.5) is 0 Å². The molecule has 2 aliphatic rings. The molecule has 0 aliphatic carbocycles. The monoisotopic (exact) mass is 291 g/mol. The second kappa shape index (κ2) is 4.76. The van der Waals surface area contributed by atoms with Gasteiger partial charge in [0.05, 0.1) is 23.3 Å². The van der Waals surface area contributed by atoms with Gasteiger partial charge in [-0.15, -0.1) is 0 Å². The van der Waals surface area contributed by atoms with Crippen molar-refractivity contribution in [3.8, 4) is 0 Å². The lowest BCUT2D eigenvalue weighted by molar-refractivity contribution is 0.0846. The third-order valence-electron chi connectivity index (χ3n) is 4.71. The molecule has 1 N–H and O–H groups in total. The molecule has 2 saturated heterocycles. The number of rotatable bonds is 3. The largest absolute Gasteiger partial charge is 0.458 e. The molecule has 2 bridgehead atoms. The van der Waals surface area contributed by atoms with E-state index in [1.54, 1.807) is 0 Å². The summed E-state index contributed by atoms with van der Waals surface area (Å²) in [5.74, 6) is 1.47. The molecule has 2 aromatic rings. The topological polar surface area (TPSA) is 34.4 Å². The summed E-state index contributed by atoms with van der Waals surface area (Å²) >= 11 is 6.20. The van der Waals surface area contributed by atoms with Crippen molar-refractivity contribution in [1.82, 2.24) is 5.32 Å². The van der Waals surface area contributed by atoms with E-state index in [0.717, 1.165) is 23.2 Å². The molecule has 0 amide bonds. The van der Waals surface area contributed by atoms with Crippen molar-refractivity contribution in [3.05, 3.63) is 35.0 Å². The molecular formula is C16H18ClNO2. The minimum atomic E-state index is 0.203. The number of nitrogens with one attached hydrogen (secondary N) is 1. The normalized spacial score (nSPS) is 30.2. The average molecular weight is 292 g/mol. The van der Waals surface area contributed by atoms with E-state index in [1.165, 1.54) is 12.8 Å². The van der Waals surface area contributed by atoms with Crippen molar-refractivity contribution >= 4 is 22.6 Å². The van der Waals surface area contributed by atoms with Crippen molar-refractivity contribution in [2.45, 2.75) is 37.5 Å². The molecular weight excluding hydrogens is 274 g/mol. The summed E-state index contributed by atoms with van der Waals surface area (Å²) in [4.78, 5) is 0. The highest BCUT2D eigenvalue weighted by atomic mass is 35.5. The van der Waals surface area contributed by atoms with Gasteiger partial charge in [0.2, 0.25) is 0 Å². The fraction of sp³-hybridized carbons (Fsp3) is 0.500. The van der Waals surface area contributed by atoms with Crippen LogP contribution in [0.2, 0.25) is 5.02 Å². The first-order valence-corrected chi connectivity index (χ1v) is 7.64. The highest BCUT2D eigenvalue weighted by Crippen LogP contribution is 2.45. The summed E-state index contributed by atoms with van der Waals surface area (Å²) in [6, 6.07) is 8.17. The zero-order valence-corrected chi connectivity index (χ0v) is 12.2. The Hall–Kier alpha value is -1.03. The van der Waals surface area contributed by atoms with E-state index >= 15 is 0 Å². The van der Waals surface area contributed by atoms with E-state index in [1.807, 2.05) is 25.2 Å². The second-order valence-corrected chi connectivity index (χ2v) is 6.25. The van der Waals surface area contributed by atoms with Crippen LogP contribution >= 0.6 is 11.6 Å². The van der Waals surface area contributed by atoms with Crippen molar-refractivity contribution in [2.75, 3.05) is 7.05 Å². The Balaban J connectivity index is 1.71. The van der Waals surface area contributed by atoms with E-state index in [-0.39, 0.29) is 6.04 Å². The van der Waals surface area contributed by atoms with Crippen molar-refractivity contribution < 1.29 is 9.15 Å². The van der Waals surface area contributed by atoms with Gasteiger partial charge in [0.25, 0.3) is 0 Å². The predicted molar refractivity (Wildman–Crippen MR) is 79.0 cm³/mol. The van der Waals surface area contributed by atoms with Crippen molar-refractivity contribution in [2.24, 2.45) is 5.92 Å². The maximum Gasteiger partial charge on any atom is 0.152 e. The molecule has 3 nitrogen and oxygen atoms in total. The Labute approximate surface area is 123 Å². The summed E-state index contributed by atoms with van der Waals surface area (Å²) in [5, 5.41) is 5.15. The van der Waals surface area contributed by atoms with E-state index in [9.17, 15) is 0 Å². The number of benzene rings is 1. The van der Waals surface area contributed by atoms with Gasteiger partial charge in [-0.3, -0.25) is 0 Å². The summed E-state index contributed by atoms with van der Waals surface area (Å²) in [6.07, 6.45) is 4.34. The Morgan fingerprint density at radius 3 is 2.90 bits per heavy atom. The molecule has 2 aliphatic heterocycles. The lowest BCUT2D eigenvalue weighted by Crippen LogP contribution is -2.31. The predicted octanol–water partition coefficient (Wildman–Crippen LogP) is 3.91. The molecule has 1 aromatic carbocycles. The minimum Gasteiger partial charge on any atom is -0.458 e. The van der Waals surface area contributed by atoms with Crippen LogP contribution in [0.15, 0.2) is 28.7 Å². The van der Waals surface area contributed by atoms with Crippen LogP contribution in [-0.4, -0.2) is 19.3 Å². The maximum absolute atomic E-state index is 6.20. The molecule has 0 saturated carbocycles. The molecule has 0 radical (unpaired) electrons. The van der Waals surface area contributed by atoms with Gasteiger partial charge in [-0.1, -0.05) is 23.7 Å². The van der Waals surface area contributed by atoms with Crippen LogP contribution in [-0.2, 0) is 4.74 Å². The molecule has 4 unspecified atom stereocenters. The van der Waals surface area contributed by atoms with Gasteiger partial charge in [0.1, 0.15) is 5.76 Å². The van der Waals surface area contributed by atoms with Crippen LogP contribution in [0.1, 0.15) is 31.1 Å². The number of halogens is 1. The van der Waals surface area contributed by atoms with E-state index in [2.05, 4.69) is 11.4 Å². The Morgan fingerprint density at radius 2 is 2.25 bits per heavy atom. The van der Waals surface area contributed by atoms with Crippen molar-refractivity contribution in [1.29, 1.82) is 0 Å². The Morgan fingerprint density at radius 1 is 1.35 bits per heavy atom. The van der Waals surface area contributed by atoms with Crippen LogP contribution < -0.4 is 5.32 Å². The smallest absolute Gasteiger partial charge is 0.152 e. The maximum atomic E-state index is 6.20. The standard InChI is InChI=1S/C16H18ClNO2/c1-18-15(11-8-10-5-6-13(11)19-10)14-7-9-3-2-4-12(17)16(9)20-14/h2-4,7,10-11,13,15,18H,5-6,8H2,1H3. The molecule has 4 heteroatoms. The fourth-order valence-electron chi connectivity index (χ4n) is 3.80. The lowest BCUT2D eigenvalue weighted by atomic mass is 9.83. The fourth-order valence-corrected chi connectivity index (χ4v) is 4.02. The third-order valence-corrected chi connectivity index (χ3v) is 5.01. The van der Waals surface area contributed by atoms with Crippen molar-refractivity contribution in [3.63, 3.8) is 0 Å². The molecule has 2 fully saturated rings. The highest BCUT2D eigenvalue weighted by Gasteiger charge is 2.45. The minimum absolute atomic E-state index is 0.203. The molecule has 3 heterocycles. The van der Waals surface area contributed by atoms with E-state index in [0.29, 0.717) is 23.1 Å². The van der Waals surface area contributed by atoms with Gasteiger partial charge in [-0.05, 0) is 38.4 Å².